The monoisotopic (exact) mass is 452 g/mol. The second-order valence-electron chi connectivity index (χ2n) is 8.98. The summed E-state index contributed by atoms with van der Waals surface area (Å²) in [5.74, 6) is 1.30. The highest BCUT2D eigenvalue weighted by Gasteiger charge is 2.19. The van der Waals surface area contributed by atoms with Crippen LogP contribution in [0.5, 0.6) is 11.5 Å². The molecule has 0 spiro atoms. The average molecular weight is 453 g/mol. The van der Waals surface area contributed by atoms with Crippen LogP contribution in [0.2, 0.25) is 0 Å². The normalized spacial score (nSPS) is 10.9. The molecule has 0 heterocycles. The Bertz CT molecular complexity index is 869. The quantitative estimate of drug-likeness (QED) is 0.212. The van der Waals surface area contributed by atoms with Gasteiger partial charge in [0.1, 0.15) is 11.5 Å². The van der Waals surface area contributed by atoms with Gasteiger partial charge in [0.05, 0.1) is 0 Å². The van der Waals surface area contributed by atoms with Crippen LogP contribution in [0.25, 0.3) is 0 Å². The van der Waals surface area contributed by atoms with E-state index in [0.717, 1.165) is 82.6 Å². The van der Waals surface area contributed by atoms with E-state index in [1.54, 1.807) is 0 Å². The summed E-state index contributed by atoms with van der Waals surface area (Å²) in [6.07, 6.45) is 11.9. The Balaban J connectivity index is 2.30. The van der Waals surface area contributed by atoms with Gasteiger partial charge in [-0.1, -0.05) is 84.9 Å². The maximum atomic E-state index is 12.9. The highest BCUT2D eigenvalue weighted by atomic mass is 16.7. The minimum atomic E-state index is -0.636. The van der Waals surface area contributed by atoms with Gasteiger partial charge < -0.3 is 9.47 Å². The fraction of sp³-hybridized carbons (Fsp3) is 0.567. The Morgan fingerprint density at radius 3 is 1.79 bits per heavy atom. The molecule has 0 saturated heterocycles. The van der Waals surface area contributed by atoms with E-state index in [1.165, 1.54) is 22.3 Å². The molecule has 0 fully saturated rings. The third-order valence-corrected chi connectivity index (χ3v) is 6.20. The standard InChI is InChI=1S/C30H44O3/c1-6-11-17-24-18-13-20-28(26(24)19-12-7-2)32-30(31)33-29-22-21-23(14-8-3)25(15-9-4)27(29)16-10-5/h13,18,20-22H,6-12,14-17,19H2,1-5H3. The zero-order valence-corrected chi connectivity index (χ0v) is 21.6. The zero-order chi connectivity index (χ0) is 24.1. The molecule has 0 amide bonds. The van der Waals surface area contributed by atoms with Gasteiger partial charge in [0.2, 0.25) is 0 Å². The first-order valence-electron chi connectivity index (χ1n) is 13.2. The summed E-state index contributed by atoms with van der Waals surface area (Å²) in [7, 11) is 0. The number of unbranched alkanes of at least 4 members (excludes halogenated alkanes) is 2. The van der Waals surface area contributed by atoms with Crippen molar-refractivity contribution in [1.29, 1.82) is 0 Å². The van der Waals surface area contributed by atoms with Crippen molar-refractivity contribution in [2.45, 2.75) is 112 Å². The van der Waals surface area contributed by atoms with Crippen LogP contribution in [0.15, 0.2) is 30.3 Å². The van der Waals surface area contributed by atoms with E-state index < -0.39 is 6.16 Å². The third-order valence-electron chi connectivity index (χ3n) is 6.20. The maximum Gasteiger partial charge on any atom is 0.519 e. The van der Waals surface area contributed by atoms with Crippen molar-refractivity contribution in [3.05, 3.63) is 58.1 Å². The molecule has 0 atom stereocenters. The number of aryl methyl sites for hydroxylation is 2. The van der Waals surface area contributed by atoms with Crippen molar-refractivity contribution in [1.82, 2.24) is 0 Å². The van der Waals surface area contributed by atoms with Gasteiger partial charge in [-0.25, -0.2) is 4.79 Å². The number of hydrogen-bond acceptors (Lipinski definition) is 3. The molecule has 0 aliphatic carbocycles. The maximum absolute atomic E-state index is 12.9. The molecule has 2 rings (SSSR count). The molecule has 0 bridgehead atoms. The summed E-state index contributed by atoms with van der Waals surface area (Å²) < 4.78 is 11.7. The molecule has 0 aliphatic rings. The molecule has 2 aromatic carbocycles. The van der Waals surface area contributed by atoms with Crippen LogP contribution >= 0.6 is 0 Å². The summed E-state index contributed by atoms with van der Waals surface area (Å²) in [5, 5.41) is 0. The van der Waals surface area contributed by atoms with Gasteiger partial charge >= 0.3 is 6.16 Å². The highest BCUT2D eigenvalue weighted by molar-refractivity contribution is 5.69. The number of carbonyl (C=O) groups excluding carboxylic acids is 1. The van der Waals surface area contributed by atoms with Crippen LogP contribution in [-0.2, 0) is 32.1 Å². The van der Waals surface area contributed by atoms with E-state index in [9.17, 15) is 4.79 Å². The molecule has 182 valence electrons. The van der Waals surface area contributed by atoms with Gasteiger partial charge in [0.15, 0.2) is 0 Å². The first kappa shape index (κ1) is 27.0. The van der Waals surface area contributed by atoms with E-state index in [-0.39, 0.29) is 0 Å². The lowest BCUT2D eigenvalue weighted by atomic mass is 9.91. The Morgan fingerprint density at radius 1 is 0.576 bits per heavy atom. The molecule has 0 radical (unpaired) electrons. The Kier molecular flexibility index (Phi) is 12.1. The molecule has 0 unspecified atom stereocenters. The van der Waals surface area contributed by atoms with Crippen LogP contribution < -0.4 is 9.47 Å². The molecular formula is C30H44O3. The van der Waals surface area contributed by atoms with Crippen molar-refractivity contribution >= 4 is 6.16 Å². The summed E-state index contributed by atoms with van der Waals surface area (Å²) in [6, 6.07) is 10.2. The lowest BCUT2D eigenvalue weighted by Crippen LogP contribution is -2.17. The third kappa shape index (κ3) is 7.91. The second kappa shape index (κ2) is 14.8. The fourth-order valence-corrected chi connectivity index (χ4v) is 4.55. The smallest absolute Gasteiger partial charge is 0.394 e. The fourth-order valence-electron chi connectivity index (χ4n) is 4.55. The highest BCUT2D eigenvalue weighted by Crippen LogP contribution is 2.31. The van der Waals surface area contributed by atoms with Crippen LogP contribution in [0.1, 0.15) is 107 Å². The molecular weight excluding hydrogens is 408 g/mol. The van der Waals surface area contributed by atoms with E-state index in [4.69, 9.17) is 9.47 Å². The van der Waals surface area contributed by atoms with Crippen molar-refractivity contribution in [2.75, 3.05) is 0 Å². The molecule has 0 N–H and O–H groups in total. The molecule has 0 aliphatic heterocycles. The van der Waals surface area contributed by atoms with Gasteiger partial charge in [-0.15, -0.1) is 0 Å². The molecule has 33 heavy (non-hydrogen) atoms. The lowest BCUT2D eigenvalue weighted by molar-refractivity contribution is 0.151. The number of hydrogen-bond donors (Lipinski definition) is 0. The first-order valence-corrected chi connectivity index (χ1v) is 13.2. The predicted octanol–water partition coefficient (Wildman–Crippen LogP) is 8.81. The topological polar surface area (TPSA) is 35.5 Å². The molecule has 0 saturated carbocycles. The minimum Gasteiger partial charge on any atom is -0.394 e. The summed E-state index contributed by atoms with van der Waals surface area (Å²) >= 11 is 0. The minimum absolute atomic E-state index is 0.636. The number of benzene rings is 2. The van der Waals surface area contributed by atoms with Gasteiger partial charge in [-0.3, -0.25) is 0 Å². The summed E-state index contributed by atoms with van der Waals surface area (Å²) in [5.41, 5.74) is 6.36. The largest absolute Gasteiger partial charge is 0.519 e. The van der Waals surface area contributed by atoms with E-state index in [2.05, 4.69) is 46.8 Å². The van der Waals surface area contributed by atoms with Crippen molar-refractivity contribution in [2.24, 2.45) is 0 Å². The lowest BCUT2D eigenvalue weighted by Gasteiger charge is -2.19. The second-order valence-corrected chi connectivity index (χ2v) is 8.98. The van der Waals surface area contributed by atoms with E-state index >= 15 is 0 Å². The van der Waals surface area contributed by atoms with Crippen LogP contribution in [0, 0.1) is 0 Å². The van der Waals surface area contributed by atoms with E-state index in [0.29, 0.717) is 11.5 Å². The van der Waals surface area contributed by atoms with Crippen LogP contribution in [0.4, 0.5) is 4.79 Å². The molecule has 3 heteroatoms. The van der Waals surface area contributed by atoms with Gasteiger partial charge in [-0.05, 0) is 84.9 Å². The average Bonchev–Trinajstić information content (AvgIpc) is 2.80. The Hall–Kier alpha value is -2.29. The molecule has 0 aromatic heterocycles. The van der Waals surface area contributed by atoms with E-state index in [1.807, 2.05) is 18.2 Å². The van der Waals surface area contributed by atoms with Crippen molar-refractivity contribution in [3.8, 4) is 11.5 Å². The van der Waals surface area contributed by atoms with Gasteiger partial charge in [0.25, 0.3) is 0 Å². The number of ether oxygens (including phenoxy) is 2. The summed E-state index contributed by atoms with van der Waals surface area (Å²) in [6.45, 7) is 11.0. The van der Waals surface area contributed by atoms with Crippen LogP contribution in [0.3, 0.4) is 0 Å². The van der Waals surface area contributed by atoms with Crippen molar-refractivity contribution < 1.29 is 14.3 Å². The predicted molar refractivity (Wildman–Crippen MR) is 139 cm³/mol. The molecule has 3 nitrogen and oxygen atoms in total. The summed E-state index contributed by atoms with van der Waals surface area (Å²) in [4.78, 5) is 12.9. The Labute approximate surface area is 201 Å². The van der Waals surface area contributed by atoms with Gasteiger partial charge in [-0.2, -0.15) is 0 Å². The number of rotatable bonds is 14. The number of carbonyl (C=O) groups is 1. The Morgan fingerprint density at radius 2 is 1.15 bits per heavy atom. The molecule has 2 aromatic rings. The zero-order valence-electron chi connectivity index (χ0n) is 21.6. The SMILES string of the molecule is CCCCc1cccc(OC(=O)Oc2ccc(CCC)c(CCC)c2CCC)c1CCCC. The first-order chi connectivity index (χ1) is 16.1. The van der Waals surface area contributed by atoms with Crippen molar-refractivity contribution in [3.63, 3.8) is 0 Å². The van der Waals surface area contributed by atoms with Crippen LogP contribution in [-0.4, -0.2) is 6.16 Å². The van der Waals surface area contributed by atoms with Gasteiger partial charge in [0, 0.05) is 0 Å².